The molecule has 0 aliphatic carbocycles. The number of alkyl halides is 1. The third kappa shape index (κ3) is 4.42. The average molecular weight is 434 g/mol. The summed E-state index contributed by atoms with van der Waals surface area (Å²) in [6.45, 7) is 9.26. The predicted octanol–water partition coefficient (Wildman–Crippen LogP) is 2.76. The molecule has 1 aromatic heterocycles. The molecule has 0 amide bonds. The predicted molar refractivity (Wildman–Crippen MR) is 99.5 cm³/mol. The number of nitrogens with zero attached hydrogens (tertiary/aromatic N) is 1. The van der Waals surface area contributed by atoms with Crippen LogP contribution in [-0.2, 0) is 4.74 Å². The molecule has 1 saturated heterocycles. The number of aromatic nitrogens is 2. The van der Waals surface area contributed by atoms with Crippen molar-refractivity contribution in [2.45, 2.75) is 49.6 Å². The van der Waals surface area contributed by atoms with Crippen LogP contribution in [0.1, 0.15) is 24.6 Å². The Labute approximate surface area is 144 Å². The van der Waals surface area contributed by atoms with Crippen molar-refractivity contribution in [1.29, 1.82) is 0 Å². The van der Waals surface area contributed by atoms with E-state index in [1.807, 2.05) is 0 Å². The maximum Gasteiger partial charge on any atom is 0.330 e. The molecular weight excluding hydrogens is 411 g/mol. The highest BCUT2D eigenvalue weighted by atomic mass is 127. The van der Waals surface area contributed by atoms with Gasteiger partial charge in [-0.05, 0) is 19.8 Å². The van der Waals surface area contributed by atoms with Crippen LogP contribution in [0, 0.1) is 6.92 Å². The van der Waals surface area contributed by atoms with Crippen molar-refractivity contribution in [1.82, 2.24) is 9.55 Å². The van der Waals surface area contributed by atoms with Gasteiger partial charge in [0, 0.05) is 11.8 Å². The molecule has 0 aromatic carbocycles. The topological polar surface area (TPSA) is 64.1 Å². The van der Waals surface area contributed by atoms with Crippen LogP contribution in [0.4, 0.5) is 0 Å². The number of hydrogen-bond donors (Lipinski definition) is 1. The number of hydrogen-bond acceptors (Lipinski definition) is 3. The summed E-state index contributed by atoms with van der Waals surface area (Å²) in [6.07, 6.45) is 3.10. The lowest BCUT2D eigenvalue weighted by molar-refractivity contribution is 0.0107. The number of aryl methyl sites for hydroxylation is 1. The molecule has 122 valence electrons. The second-order valence-electron chi connectivity index (χ2n) is 6.88. The fourth-order valence-corrected chi connectivity index (χ4v) is 5.25. The average Bonchev–Trinajstić information content (AvgIpc) is 2.53. The summed E-state index contributed by atoms with van der Waals surface area (Å²) >= 11 is 2.35. The zero-order valence-corrected chi connectivity index (χ0v) is 16.6. The lowest BCUT2D eigenvalue weighted by atomic mass is 10.1. The minimum Gasteiger partial charge on any atom is -0.356 e. The van der Waals surface area contributed by atoms with E-state index in [9.17, 15) is 9.59 Å². The Morgan fingerprint density at radius 1 is 1.41 bits per heavy atom. The van der Waals surface area contributed by atoms with Gasteiger partial charge in [-0.15, -0.1) is 0 Å². The van der Waals surface area contributed by atoms with Crippen LogP contribution in [0.15, 0.2) is 27.1 Å². The number of aromatic amines is 1. The lowest BCUT2D eigenvalue weighted by Crippen LogP contribution is -2.36. The van der Waals surface area contributed by atoms with Gasteiger partial charge in [0.1, 0.15) is 6.23 Å². The van der Waals surface area contributed by atoms with Gasteiger partial charge in [-0.2, -0.15) is 0 Å². The Kier molecular flexibility index (Phi) is 5.49. The van der Waals surface area contributed by atoms with Gasteiger partial charge < -0.3 is 4.74 Å². The highest BCUT2D eigenvalue weighted by Gasteiger charge is 2.27. The summed E-state index contributed by atoms with van der Waals surface area (Å²) in [4.78, 5) is 25.9. The lowest BCUT2D eigenvalue weighted by Gasteiger charge is -2.22. The first kappa shape index (κ1) is 17.7. The molecule has 2 heterocycles. The third-order valence-corrected chi connectivity index (χ3v) is 5.87. The minimum atomic E-state index is -1.26. The van der Waals surface area contributed by atoms with E-state index in [1.165, 1.54) is 10.1 Å². The quantitative estimate of drug-likeness (QED) is 0.443. The smallest absolute Gasteiger partial charge is 0.330 e. The second kappa shape index (κ2) is 6.84. The van der Waals surface area contributed by atoms with Gasteiger partial charge in [-0.25, -0.2) is 4.79 Å². The maximum absolute atomic E-state index is 12.1. The highest BCUT2D eigenvalue weighted by molar-refractivity contribution is 14.1. The van der Waals surface area contributed by atoms with E-state index in [0.717, 1.165) is 12.8 Å². The van der Waals surface area contributed by atoms with Crippen molar-refractivity contribution in [3.05, 3.63) is 43.9 Å². The Balaban J connectivity index is 2.31. The number of nitrogens with one attached hydrogen (secondary N) is 1. The molecular formula is C15H23IN2O3Si. The van der Waals surface area contributed by atoms with Gasteiger partial charge in [0.05, 0.1) is 18.6 Å². The van der Waals surface area contributed by atoms with Crippen molar-refractivity contribution < 1.29 is 4.74 Å². The Morgan fingerprint density at radius 2 is 2.09 bits per heavy atom. The summed E-state index contributed by atoms with van der Waals surface area (Å²) in [5, 5.41) is 0. The Bertz CT molecular complexity index is 687. The number of H-pyrrole nitrogens is 1. The molecule has 0 bridgehead atoms. The van der Waals surface area contributed by atoms with Crippen LogP contribution in [-0.4, -0.2) is 28.2 Å². The molecule has 0 unspecified atom stereocenters. The maximum atomic E-state index is 12.1. The fraction of sp³-hybridized carbons (Fsp3) is 0.600. The molecule has 2 atom stereocenters. The Morgan fingerprint density at radius 3 is 2.73 bits per heavy atom. The van der Waals surface area contributed by atoms with Crippen LogP contribution in [0.25, 0.3) is 0 Å². The van der Waals surface area contributed by atoms with Crippen molar-refractivity contribution in [2.24, 2.45) is 0 Å². The second-order valence-corrected chi connectivity index (χ2v) is 13.5. The van der Waals surface area contributed by atoms with Crippen LogP contribution >= 0.6 is 22.6 Å². The van der Waals surface area contributed by atoms with Gasteiger partial charge in [-0.1, -0.05) is 53.5 Å². The van der Waals surface area contributed by atoms with Crippen LogP contribution in [0.2, 0.25) is 19.6 Å². The molecule has 1 aliphatic heterocycles. The normalized spacial score (nSPS) is 25.2. The Hall–Kier alpha value is -0.673. The summed E-state index contributed by atoms with van der Waals surface area (Å²) in [7, 11) is -1.26. The van der Waals surface area contributed by atoms with E-state index in [1.54, 1.807) is 13.1 Å². The van der Waals surface area contributed by atoms with E-state index >= 15 is 0 Å². The van der Waals surface area contributed by atoms with E-state index in [2.05, 4.69) is 52.9 Å². The third-order valence-electron chi connectivity index (χ3n) is 3.54. The standard InChI is InChI=1S/C15H23IN2O3Si/c1-10-8-18(15(20)17-13(10)19)14-12(16)7-11(5-6-21-14)9-22(2,3)4/h8-9,12,14H,5-7H2,1-4H3,(H,17,19,20)/b11-9+/t12-,14-/m0/s1. The zero-order chi connectivity index (χ0) is 16.5. The van der Waals surface area contributed by atoms with E-state index in [-0.39, 0.29) is 15.7 Å². The molecule has 0 radical (unpaired) electrons. The largest absolute Gasteiger partial charge is 0.356 e. The van der Waals surface area contributed by atoms with E-state index in [0.29, 0.717) is 12.2 Å². The highest BCUT2D eigenvalue weighted by Crippen LogP contribution is 2.31. The molecule has 5 nitrogen and oxygen atoms in total. The van der Waals surface area contributed by atoms with Gasteiger partial charge in [-0.3, -0.25) is 14.3 Å². The first-order chi connectivity index (χ1) is 10.2. The molecule has 1 aliphatic rings. The summed E-state index contributed by atoms with van der Waals surface area (Å²) < 4.78 is 7.61. The molecule has 7 heteroatoms. The van der Waals surface area contributed by atoms with Gasteiger partial charge in [0.15, 0.2) is 0 Å². The zero-order valence-electron chi connectivity index (χ0n) is 13.5. The van der Waals surface area contributed by atoms with Gasteiger partial charge >= 0.3 is 5.69 Å². The van der Waals surface area contributed by atoms with Crippen LogP contribution in [0.3, 0.4) is 0 Å². The van der Waals surface area contributed by atoms with Crippen LogP contribution in [0.5, 0.6) is 0 Å². The van der Waals surface area contributed by atoms with Gasteiger partial charge in [0.2, 0.25) is 0 Å². The number of ether oxygens (including phenoxy) is 1. The van der Waals surface area contributed by atoms with Crippen LogP contribution < -0.4 is 11.2 Å². The molecule has 1 fully saturated rings. The number of rotatable bonds is 2. The molecule has 22 heavy (non-hydrogen) atoms. The minimum absolute atomic E-state index is 0.158. The van der Waals surface area contributed by atoms with Crippen molar-refractivity contribution in [3.63, 3.8) is 0 Å². The summed E-state index contributed by atoms with van der Waals surface area (Å²) in [5.41, 5.74) is 3.65. The van der Waals surface area contributed by atoms with Crippen molar-refractivity contribution in [3.8, 4) is 0 Å². The SMILES string of the molecule is Cc1cn([C@H]2OCC/C(=C\[Si](C)(C)C)C[C@@H]2I)c(=O)[nH]c1=O. The van der Waals surface area contributed by atoms with Gasteiger partial charge in [0.25, 0.3) is 5.56 Å². The van der Waals surface area contributed by atoms with Crippen molar-refractivity contribution >= 4 is 30.7 Å². The van der Waals surface area contributed by atoms with E-state index < -0.39 is 13.8 Å². The molecule has 2 rings (SSSR count). The molecule has 1 N–H and O–H groups in total. The first-order valence-corrected chi connectivity index (χ1v) is 12.3. The molecule has 0 saturated carbocycles. The molecule has 0 spiro atoms. The number of halogens is 1. The first-order valence-electron chi connectivity index (χ1n) is 7.46. The van der Waals surface area contributed by atoms with E-state index in [4.69, 9.17) is 4.74 Å². The monoisotopic (exact) mass is 434 g/mol. The molecule has 1 aromatic rings. The summed E-state index contributed by atoms with van der Waals surface area (Å²) in [5.74, 6) is 0. The van der Waals surface area contributed by atoms with Crippen molar-refractivity contribution in [2.75, 3.05) is 6.61 Å². The fourth-order valence-electron chi connectivity index (χ4n) is 2.64. The summed E-state index contributed by atoms with van der Waals surface area (Å²) in [6, 6.07) is 0.